The highest BCUT2D eigenvalue weighted by molar-refractivity contribution is 6.09. The van der Waals surface area contributed by atoms with E-state index in [1.54, 1.807) is 0 Å². The predicted octanol–water partition coefficient (Wildman–Crippen LogP) is 3.83. The Labute approximate surface area is 118 Å². The standard InChI is InChI=1S/C18H15NO/c1-2-17(20)18-16(14-8-4-3-5-9-14)12-11-15-10-6-7-13-19(15)18/h2-11,13H,1,12H2. The summed E-state index contributed by atoms with van der Waals surface area (Å²) in [5.74, 6) is -0.0468. The molecule has 1 aromatic carbocycles. The van der Waals surface area contributed by atoms with Gasteiger partial charge in [-0.2, -0.15) is 0 Å². The van der Waals surface area contributed by atoms with Crippen LogP contribution < -0.4 is 0 Å². The Morgan fingerprint density at radius 2 is 2.00 bits per heavy atom. The van der Waals surface area contributed by atoms with Crippen molar-refractivity contribution in [2.75, 3.05) is 0 Å². The second-order valence-corrected chi connectivity index (χ2v) is 4.67. The van der Waals surface area contributed by atoms with E-state index in [1.807, 2.05) is 59.7 Å². The van der Waals surface area contributed by atoms with Crippen molar-refractivity contribution in [1.29, 1.82) is 0 Å². The Balaban J connectivity index is 2.15. The van der Waals surface area contributed by atoms with Crippen molar-refractivity contribution < 1.29 is 4.79 Å². The number of nitrogens with zero attached hydrogens (tertiary/aromatic N) is 1. The molecule has 2 heterocycles. The lowest BCUT2D eigenvalue weighted by Gasteiger charge is -2.31. The number of hydrogen-bond acceptors (Lipinski definition) is 2. The maximum Gasteiger partial charge on any atom is 0.202 e. The zero-order valence-corrected chi connectivity index (χ0v) is 11.1. The largest absolute Gasteiger partial charge is 0.314 e. The van der Waals surface area contributed by atoms with Crippen LogP contribution in [-0.2, 0) is 4.79 Å². The molecule has 2 aliphatic heterocycles. The maximum atomic E-state index is 12.3. The SMILES string of the molecule is C=CC(=O)C1=C(c2ccccc2)CC=C2C=CC=CN21. The molecule has 98 valence electrons. The van der Waals surface area contributed by atoms with Gasteiger partial charge in [-0.25, -0.2) is 0 Å². The van der Waals surface area contributed by atoms with Crippen LogP contribution in [0.15, 0.2) is 84.9 Å². The van der Waals surface area contributed by atoms with Gasteiger partial charge in [0.2, 0.25) is 5.78 Å². The van der Waals surface area contributed by atoms with Crippen LogP contribution in [0, 0.1) is 0 Å². The molecular formula is C18H15NO. The van der Waals surface area contributed by atoms with Crippen LogP contribution >= 0.6 is 0 Å². The molecule has 0 bridgehead atoms. The van der Waals surface area contributed by atoms with E-state index in [0.29, 0.717) is 5.70 Å². The summed E-state index contributed by atoms with van der Waals surface area (Å²) < 4.78 is 0. The topological polar surface area (TPSA) is 20.3 Å². The quantitative estimate of drug-likeness (QED) is 0.771. The predicted molar refractivity (Wildman–Crippen MR) is 81.4 cm³/mol. The van der Waals surface area contributed by atoms with Gasteiger partial charge in [0.15, 0.2) is 0 Å². The minimum absolute atomic E-state index is 0.0468. The molecule has 0 saturated carbocycles. The van der Waals surface area contributed by atoms with Crippen molar-refractivity contribution >= 4 is 11.4 Å². The Morgan fingerprint density at radius 3 is 2.75 bits per heavy atom. The third-order valence-corrected chi connectivity index (χ3v) is 3.47. The molecule has 2 aliphatic rings. The fraction of sp³-hybridized carbons (Fsp3) is 0.0556. The zero-order chi connectivity index (χ0) is 13.9. The summed E-state index contributed by atoms with van der Waals surface area (Å²) in [7, 11) is 0. The van der Waals surface area contributed by atoms with Crippen LogP contribution in [0.2, 0.25) is 0 Å². The molecule has 2 nitrogen and oxygen atoms in total. The van der Waals surface area contributed by atoms with Gasteiger partial charge in [-0.1, -0.05) is 49.1 Å². The average Bonchev–Trinajstić information content (AvgIpc) is 2.54. The molecule has 0 aliphatic carbocycles. The van der Waals surface area contributed by atoms with E-state index in [1.165, 1.54) is 6.08 Å². The minimum atomic E-state index is -0.0468. The number of allylic oxidation sites excluding steroid dienone is 6. The van der Waals surface area contributed by atoms with E-state index >= 15 is 0 Å². The second kappa shape index (κ2) is 5.17. The van der Waals surface area contributed by atoms with Crippen LogP contribution in [-0.4, -0.2) is 10.7 Å². The lowest BCUT2D eigenvalue weighted by Crippen LogP contribution is -2.25. The van der Waals surface area contributed by atoms with E-state index in [2.05, 4.69) is 12.7 Å². The molecule has 0 radical (unpaired) electrons. The van der Waals surface area contributed by atoms with Gasteiger partial charge >= 0.3 is 0 Å². The van der Waals surface area contributed by atoms with E-state index in [-0.39, 0.29) is 5.78 Å². The highest BCUT2D eigenvalue weighted by atomic mass is 16.1. The van der Waals surface area contributed by atoms with Crippen molar-refractivity contribution in [2.24, 2.45) is 0 Å². The summed E-state index contributed by atoms with van der Waals surface area (Å²) >= 11 is 0. The molecule has 0 spiro atoms. The first kappa shape index (κ1) is 12.4. The van der Waals surface area contributed by atoms with Crippen LogP contribution in [0.3, 0.4) is 0 Å². The molecule has 20 heavy (non-hydrogen) atoms. The first-order valence-electron chi connectivity index (χ1n) is 6.61. The Bertz CT molecular complexity index is 675. The monoisotopic (exact) mass is 261 g/mol. The fourth-order valence-electron chi connectivity index (χ4n) is 2.53. The molecule has 0 atom stereocenters. The molecule has 0 aromatic heterocycles. The summed E-state index contributed by atoms with van der Waals surface area (Å²) in [4.78, 5) is 14.2. The fourth-order valence-corrected chi connectivity index (χ4v) is 2.53. The number of carbonyl (C=O) groups excluding carboxylic acids is 1. The van der Waals surface area contributed by atoms with Crippen LogP contribution in [0.5, 0.6) is 0 Å². The van der Waals surface area contributed by atoms with E-state index in [0.717, 1.165) is 23.3 Å². The van der Waals surface area contributed by atoms with E-state index < -0.39 is 0 Å². The number of benzene rings is 1. The summed E-state index contributed by atoms with van der Waals surface area (Å²) in [5, 5.41) is 0. The van der Waals surface area contributed by atoms with Gasteiger partial charge in [0, 0.05) is 11.9 Å². The van der Waals surface area contributed by atoms with Gasteiger partial charge in [0.1, 0.15) is 0 Å². The highest BCUT2D eigenvalue weighted by Gasteiger charge is 2.25. The van der Waals surface area contributed by atoms with Gasteiger partial charge in [-0.05, 0) is 35.8 Å². The number of ketones is 1. The molecule has 0 unspecified atom stereocenters. The summed E-state index contributed by atoms with van der Waals surface area (Å²) in [6.07, 6.45) is 12.1. The first-order valence-corrected chi connectivity index (χ1v) is 6.61. The molecule has 0 amide bonds. The number of fused-ring (bicyclic) bond motifs is 1. The van der Waals surface area contributed by atoms with Crippen molar-refractivity contribution in [1.82, 2.24) is 4.90 Å². The molecule has 3 rings (SSSR count). The number of carbonyl (C=O) groups is 1. The van der Waals surface area contributed by atoms with Crippen molar-refractivity contribution in [3.8, 4) is 0 Å². The zero-order valence-electron chi connectivity index (χ0n) is 11.1. The van der Waals surface area contributed by atoms with E-state index in [9.17, 15) is 4.79 Å². The van der Waals surface area contributed by atoms with Crippen LogP contribution in [0.4, 0.5) is 0 Å². The second-order valence-electron chi connectivity index (χ2n) is 4.67. The van der Waals surface area contributed by atoms with Crippen LogP contribution in [0.25, 0.3) is 5.57 Å². The van der Waals surface area contributed by atoms with Crippen molar-refractivity contribution in [3.63, 3.8) is 0 Å². The Hall–Kier alpha value is -2.61. The molecule has 0 fully saturated rings. The molecule has 0 N–H and O–H groups in total. The van der Waals surface area contributed by atoms with Gasteiger partial charge < -0.3 is 4.90 Å². The smallest absolute Gasteiger partial charge is 0.202 e. The minimum Gasteiger partial charge on any atom is -0.314 e. The van der Waals surface area contributed by atoms with Gasteiger partial charge in [0.25, 0.3) is 0 Å². The Kier molecular flexibility index (Phi) is 3.21. The van der Waals surface area contributed by atoms with Crippen molar-refractivity contribution in [2.45, 2.75) is 6.42 Å². The number of rotatable bonds is 3. The average molecular weight is 261 g/mol. The maximum absolute atomic E-state index is 12.3. The highest BCUT2D eigenvalue weighted by Crippen LogP contribution is 2.34. The summed E-state index contributed by atoms with van der Waals surface area (Å²) in [5.41, 5.74) is 3.86. The van der Waals surface area contributed by atoms with Crippen LogP contribution in [0.1, 0.15) is 12.0 Å². The van der Waals surface area contributed by atoms with Crippen molar-refractivity contribution in [3.05, 3.63) is 90.4 Å². The molecule has 2 heteroatoms. The summed E-state index contributed by atoms with van der Waals surface area (Å²) in [6, 6.07) is 10.0. The molecule has 0 saturated heterocycles. The summed E-state index contributed by atoms with van der Waals surface area (Å²) in [6.45, 7) is 3.63. The van der Waals surface area contributed by atoms with Gasteiger partial charge in [0.05, 0.1) is 5.70 Å². The molecular weight excluding hydrogens is 246 g/mol. The first-order chi connectivity index (χ1) is 9.81. The Morgan fingerprint density at radius 1 is 1.20 bits per heavy atom. The normalized spacial score (nSPS) is 16.8. The van der Waals surface area contributed by atoms with E-state index in [4.69, 9.17) is 0 Å². The number of hydrogen-bond donors (Lipinski definition) is 0. The lowest BCUT2D eigenvalue weighted by molar-refractivity contribution is -0.112. The molecule has 1 aromatic rings. The van der Waals surface area contributed by atoms with Gasteiger partial charge in [-0.3, -0.25) is 4.79 Å². The third-order valence-electron chi connectivity index (χ3n) is 3.47. The third kappa shape index (κ3) is 2.05. The van der Waals surface area contributed by atoms with Gasteiger partial charge in [-0.15, -0.1) is 0 Å². The lowest BCUT2D eigenvalue weighted by atomic mass is 9.93.